The second kappa shape index (κ2) is 11.7. The number of likely N-dealkylation sites (N-methyl/N-ethyl adjacent to an activating group) is 1. The minimum atomic E-state index is -0.406. The van der Waals surface area contributed by atoms with Gasteiger partial charge in [0.05, 0.1) is 30.4 Å². The molecule has 0 saturated carbocycles. The Balaban J connectivity index is 1.79. The normalized spacial score (nSPS) is 10.8. The third-order valence-corrected chi connectivity index (χ3v) is 4.20. The molecule has 2 N–H and O–H groups in total. The third-order valence-electron chi connectivity index (χ3n) is 3.87. The van der Waals surface area contributed by atoms with E-state index in [9.17, 15) is 14.4 Å². The van der Waals surface area contributed by atoms with Crippen LogP contribution in [0.1, 0.15) is 12.5 Å². The van der Waals surface area contributed by atoms with Crippen LogP contribution in [0.5, 0.6) is 0 Å². The van der Waals surface area contributed by atoms with Gasteiger partial charge in [0.15, 0.2) is 0 Å². The fourth-order valence-electron chi connectivity index (χ4n) is 2.53. The molecule has 8 heteroatoms. The molecule has 0 aliphatic carbocycles. The number of anilines is 2. The second-order valence-electron chi connectivity index (χ2n) is 6.46. The lowest BCUT2D eigenvalue weighted by Gasteiger charge is -2.16. The van der Waals surface area contributed by atoms with Crippen LogP contribution in [0.2, 0.25) is 5.02 Å². The standard InChI is InChI=1S/C22H24ClN3O4/c1-3-30-22(29)13-10-16-8-11-17(12-9-16)24-20(27)14-26(2)15-21(28)25-19-7-5-4-6-18(19)23/h4-13H,3,14-15H2,1-2H3,(H,24,27)(H,25,28)/b13-10+. The summed E-state index contributed by atoms with van der Waals surface area (Å²) in [5, 5.41) is 5.93. The average molecular weight is 430 g/mol. The zero-order chi connectivity index (χ0) is 21.9. The number of rotatable bonds is 9. The lowest BCUT2D eigenvalue weighted by Crippen LogP contribution is -2.36. The van der Waals surface area contributed by atoms with Crippen LogP contribution in [0, 0.1) is 0 Å². The number of halogens is 1. The van der Waals surface area contributed by atoms with Gasteiger partial charge in [0, 0.05) is 11.8 Å². The van der Waals surface area contributed by atoms with Crippen molar-refractivity contribution >= 4 is 46.8 Å². The van der Waals surface area contributed by atoms with Crippen LogP contribution in [-0.4, -0.2) is 49.4 Å². The minimum absolute atomic E-state index is 0.0379. The van der Waals surface area contributed by atoms with Crippen LogP contribution < -0.4 is 10.6 Å². The van der Waals surface area contributed by atoms with E-state index in [4.69, 9.17) is 16.3 Å². The molecule has 0 saturated heterocycles. The number of amides is 2. The molecule has 0 aliphatic heterocycles. The predicted molar refractivity (Wildman–Crippen MR) is 118 cm³/mol. The van der Waals surface area contributed by atoms with Crippen LogP contribution in [0.25, 0.3) is 6.08 Å². The molecule has 2 amide bonds. The van der Waals surface area contributed by atoms with Crippen molar-refractivity contribution in [1.29, 1.82) is 0 Å². The van der Waals surface area contributed by atoms with Crippen molar-refractivity contribution in [3.8, 4) is 0 Å². The molecule has 0 bridgehead atoms. The fraction of sp³-hybridized carbons (Fsp3) is 0.227. The highest BCUT2D eigenvalue weighted by molar-refractivity contribution is 6.33. The van der Waals surface area contributed by atoms with Gasteiger partial charge in [0.25, 0.3) is 0 Å². The Morgan fingerprint density at radius 1 is 1.00 bits per heavy atom. The van der Waals surface area contributed by atoms with Gasteiger partial charge in [-0.2, -0.15) is 0 Å². The fourth-order valence-corrected chi connectivity index (χ4v) is 2.71. The maximum Gasteiger partial charge on any atom is 0.330 e. The Morgan fingerprint density at radius 2 is 1.63 bits per heavy atom. The van der Waals surface area contributed by atoms with E-state index in [1.165, 1.54) is 6.08 Å². The molecular formula is C22H24ClN3O4. The van der Waals surface area contributed by atoms with E-state index in [0.29, 0.717) is 23.0 Å². The number of hydrogen-bond acceptors (Lipinski definition) is 5. The quantitative estimate of drug-likeness (QED) is 0.471. The number of nitrogens with zero attached hydrogens (tertiary/aromatic N) is 1. The van der Waals surface area contributed by atoms with Crippen molar-refractivity contribution in [3.63, 3.8) is 0 Å². The van der Waals surface area contributed by atoms with Crippen molar-refractivity contribution in [2.45, 2.75) is 6.92 Å². The van der Waals surface area contributed by atoms with Gasteiger partial charge in [-0.25, -0.2) is 4.79 Å². The summed E-state index contributed by atoms with van der Waals surface area (Å²) in [6.45, 7) is 2.15. The number of nitrogens with one attached hydrogen (secondary N) is 2. The first-order valence-corrected chi connectivity index (χ1v) is 9.73. The number of esters is 1. The van der Waals surface area contributed by atoms with Gasteiger partial charge in [-0.15, -0.1) is 0 Å². The van der Waals surface area contributed by atoms with Gasteiger partial charge in [-0.3, -0.25) is 14.5 Å². The van der Waals surface area contributed by atoms with Crippen LogP contribution in [-0.2, 0) is 19.1 Å². The topological polar surface area (TPSA) is 87.7 Å². The van der Waals surface area contributed by atoms with Crippen LogP contribution in [0.15, 0.2) is 54.6 Å². The van der Waals surface area contributed by atoms with Crippen molar-refractivity contribution in [2.24, 2.45) is 0 Å². The number of hydrogen-bond donors (Lipinski definition) is 2. The van der Waals surface area contributed by atoms with E-state index in [2.05, 4.69) is 10.6 Å². The minimum Gasteiger partial charge on any atom is -0.463 e. The molecule has 2 rings (SSSR count). The van der Waals surface area contributed by atoms with Crippen LogP contribution in [0.4, 0.5) is 11.4 Å². The molecule has 0 aromatic heterocycles. The number of carbonyl (C=O) groups is 3. The van der Waals surface area contributed by atoms with Crippen molar-refractivity contribution in [1.82, 2.24) is 4.90 Å². The highest BCUT2D eigenvalue weighted by Gasteiger charge is 2.12. The summed E-state index contributed by atoms with van der Waals surface area (Å²) in [6.07, 6.45) is 2.98. The van der Waals surface area contributed by atoms with Gasteiger partial charge in [-0.05, 0) is 49.9 Å². The first-order valence-electron chi connectivity index (χ1n) is 9.35. The zero-order valence-electron chi connectivity index (χ0n) is 16.9. The van der Waals surface area contributed by atoms with Gasteiger partial charge < -0.3 is 15.4 Å². The molecule has 0 heterocycles. The van der Waals surface area contributed by atoms with E-state index < -0.39 is 5.97 Å². The van der Waals surface area contributed by atoms with Crippen molar-refractivity contribution < 1.29 is 19.1 Å². The highest BCUT2D eigenvalue weighted by Crippen LogP contribution is 2.20. The van der Waals surface area contributed by atoms with Gasteiger partial charge in [0.2, 0.25) is 11.8 Å². The maximum atomic E-state index is 12.2. The maximum absolute atomic E-state index is 12.2. The monoisotopic (exact) mass is 429 g/mol. The number of benzene rings is 2. The Hall–Kier alpha value is -3.16. The molecule has 30 heavy (non-hydrogen) atoms. The summed E-state index contributed by atoms with van der Waals surface area (Å²) in [5.41, 5.74) is 1.94. The highest BCUT2D eigenvalue weighted by atomic mass is 35.5. The van der Waals surface area contributed by atoms with Crippen molar-refractivity contribution in [3.05, 3.63) is 65.2 Å². The Kier molecular flexibility index (Phi) is 9.05. The van der Waals surface area contributed by atoms with E-state index in [1.54, 1.807) is 73.5 Å². The van der Waals surface area contributed by atoms with Crippen LogP contribution in [0.3, 0.4) is 0 Å². The van der Waals surface area contributed by atoms with E-state index in [1.807, 2.05) is 0 Å². The number of ether oxygens (including phenoxy) is 1. The molecule has 0 unspecified atom stereocenters. The average Bonchev–Trinajstić information content (AvgIpc) is 2.69. The Bertz CT molecular complexity index is 913. The summed E-state index contributed by atoms with van der Waals surface area (Å²) < 4.78 is 4.82. The zero-order valence-corrected chi connectivity index (χ0v) is 17.6. The first-order chi connectivity index (χ1) is 14.4. The second-order valence-corrected chi connectivity index (χ2v) is 6.86. The molecule has 7 nitrogen and oxygen atoms in total. The van der Waals surface area contributed by atoms with E-state index >= 15 is 0 Å². The lowest BCUT2D eigenvalue weighted by atomic mass is 10.2. The van der Waals surface area contributed by atoms with E-state index in [0.717, 1.165) is 5.56 Å². The largest absolute Gasteiger partial charge is 0.463 e. The Labute approximate surface area is 180 Å². The third kappa shape index (κ3) is 8.06. The van der Waals surface area contributed by atoms with Gasteiger partial charge >= 0.3 is 5.97 Å². The number of para-hydroxylation sites is 1. The molecular weight excluding hydrogens is 406 g/mol. The molecule has 0 radical (unpaired) electrons. The van der Waals surface area contributed by atoms with E-state index in [-0.39, 0.29) is 24.9 Å². The van der Waals surface area contributed by atoms with Crippen molar-refractivity contribution in [2.75, 3.05) is 37.4 Å². The Morgan fingerprint density at radius 3 is 2.27 bits per heavy atom. The molecule has 158 valence electrons. The lowest BCUT2D eigenvalue weighted by molar-refractivity contribution is -0.137. The van der Waals surface area contributed by atoms with Gasteiger partial charge in [-0.1, -0.05) is 35.9 Å². The predicted octanol–water partition coefficient (Wildman–Crippen LogP) is 3.43. The smallest absolute Gasteiger partial charge is 0.330 e. The SMILES string of the molecule is CCOC(=O)/C=C/c1ccc(NC(=O)CN(C)CC(=O)Nc2ccccc2Cl)cc1. The van der Waals surface area contributed by atoms with Gasteiger partial charge in [0.1, 0.15) is 0 Å². The summed E-state index contributed by atoms with van der Waals surface area (Å²) in [6, 6.07) is 13.9. The summed E-state index contributed by atoms with van der Waals surface area (Å²) >= 11 is 6.02. The number of carbonyl (C=O) groups excluding carboxylic acids is 3. The summed E-state index contributed by atoms with van der Waals surface area (Å²) in [7, 11) is 1.68. The first kappa shape index (κ1) is 23.1. The molecule has 0 aliphatic rings. The van der Waals surface area contributed by atoms with Crippen LogP contribution >= 0.6 is 11.6 Å². The molecule has 0 fully saturated rings. The summed E-state index contributed by atoms with van der Waals surface area (Å²) in [4.78, 5) is 37.2. The molecule has 2 aromatic carbocycles. The molecule has 2 aromatic rings. The molecule has 0 spiro atoms. The molecule has 0 atom stereocenters. The summed E-state index contributed by atoms with van der Waals surface area (Å²) in [5.74, 6) is -0.925.